The standard InChI is InChI=1S/C17H21NO3/c19-15(20)12-14-8-4-5-11-18(14)16(21)17(9-10-17)13-6-2-1-3-7-13/h1-3,6-7,14H,4-5,8-12H2,(H,19,20). The number of carboxylic acid groups (broad SMARTS) is 1. The Labute approximate surface area is 124 Å². The molecule has 21 heavy (non-hydrogen) atoms. The van der Waals surface area contributed by atoms with Crippen molar-refractivity contribution in [2.24, 2.45) is 0 Å². The highest BCUT2D eigenvalue weighted by atomic mass is 16.4. The van der Waals surface area contributed by atoms with E-state index < -0.39 is 5.97 Å². The predicted molar refractivity (Wildman–Crippen MR) is 79.0 cm³/mol. The highest BCUT2D eigenvalue weighted by Gasteiger charge is 2.54. The van der Waals surface area contributed by atoms with Gasteiger partial charge in [-0.05, 0) is 37.7 Å². The number of carbonyl (C=O) groups excluding carboxylic acids is 1. The molecule has 3 rings (SSSR count). The number of nitrogens with zero attached hydrogens (tertiary/aromatic N) is 1. The van der Waals surface area contributed by atoms with Gasteiger partial charge in [-0.25, -0.2) is 0 Å². The van der Waals surface area contributed by atoms with Crippen molar-refractivity contribution in [2.45, 2.75) is 50.0 Å². The maximum absolute atomic E-state index is 13.0. The van der Waals surface area contributed by atoms with Gasteiger partial charge in [-0.1, -0.05) is 30.3 Å². The van der Waals surface area contributed by atoms with Gasteiger partial charge in [0.05, 0.1) is 11.8 Å². The third kappa shape index (κ3) is 2.67. The summed E-state index contributed by atoms with van der Waals surface area (Å²) in [6, 6.07) is 9.78. The van der Waals surface area contributed by atoms with Gasteiger partial charge in [0, 0.05) is 12.6 Å². The SMILES string of the molecule is O=C(O)CC1CCCCN1C(=O)C1(c2ccccc2)CC1. The van der Waals surface area contributed by atoms with Gasteiger partial charge < -0.3 is 10.0 Å². The highest BCUT2D eigenvalue weighted by molar-refractivity contribution is 5.92. The Hall–Kier alpha value is -1.84. The van der Waals surface area contributed by atoms with Crippen molar-refractivity contribution in [3.05, 3.63) is 35.9 Å². The summed E-state index contributed by atoms with van der Waals surface area (Å²) in [5.41, 5.74) is 0.699. The van der Waals surface area contributed by atoms with Crippen molar-refractivity contribution in [3.8, 4) is 0 Å². The van der Waals surface area contributed by atoms with Gasteiger partial charge in [-0.3, -0.25) is 9.59 Å². The summed E-state index contributed by atoms with van der Waals surface area (Å²) in [6.07, 6.45) is 4.63. The quantitative estimate of drug-likeness (QED) is 0.926. The monoisotopic (exact) mass is 287 g/mol. The van der Waals surface area contributed by atoms with Crippen LogP contribution in [0.3, 0.4) is 0 Å². The molecule has 0 spiro atoms. The van der Waals surface area contributed by atoms with Crippen molar-refractivity contribution in [1.82, 2.24) is 4.90 Å². The van der Waals surface area contributed by atoms with E-state index in [2.05, 4.69) is 0 Å². The second-order valence-electron chi connectivity index (χ2n) is 6.19. The molecule has 2 aliphatic rings. The van der Waals surface area contributed by atoms with Crippen molar-refractivity contribution in [1.29, 1.82) is 0 Å². The number of likely N-dealkylation sites (tertiary alicyclic amines) is 1. The summed E-state index contributed by atoms with van der Waals surface area (Å²) < 4.78 is 0. The molecule has 2 fully saturated rings. The Morgan fingerprint density at radius 1 is 1.19 bits per heavy atom. The highest BCUT2D eigenvalue weighted by Crippen LogP contribution is 2.50. The summed E-state index contributed by atoms with van der Waals surface area (Å²) in [7, 11) is 0. The van der Waals surface area contributed by atoms with Gasteiger partial charge >= 0.3 is 5.97 Å². The fourth-order valence-electron chi connectivity index (χ4n) is 3.46. The zero-order chi connectivity index (χ0) is 14.9. The number of amides is 1. The van der Waals surface area contributed by atoms with Crippen LogP contribution in [-0.4, -0.2) is 34.5 Å². The number of piperidine rings is 1. The second-order valence-corrected chi connectivity index (χ2v) is 6.19. The molecule has 4 nitrogen and oxygen atoms in total. The van der Waals surface area contributed by atoms with E-state index in [0.717, 1.165) is 37.7 Å². The van der Waals surface area contributed by atoms with Crippen molar-refractivity contribution < 1.29 is 14.7 Å². The van der Waals surface area contributed by atoms with Crippen LogP contribution in [0.5, 0.6) is 0 Å². The van der Waals surface area contributed by atoms with E-state index >= 15 is 0 Å². The maximum atomic E-state index is 13.0. The van der Waals surface area contributed by atoms with Crippen LogP contribution >= 0.6 is 0 Å². The van der Waals surface area contributed by atoms with Crippen molar-refractivity contribution >= 4 is 11.9 Å². The van der Waals surface area contributed by atoms with Crippen LogP contribution in [0.1, 0.15) is 44.1 Å². The molecule has 1 aromatic carbocycles. The average molecular weight is 287 g/mol. The van der Waals surface area contributed by atoms with E-state index in [1.165, 1.54) is 0 Å². The molecule has 1 N–H and O–H groups in total. The van der Waals surface area contributed by atoms with Crippen LogP contribution in [0, 0.1) is 0 Å². The first-order valence-corrected chi connectivity index (χ1v) is 7.72. The molecule has 0 aromatic heterocycles. The van der Waals surface area contributed by atoms with E-state index in [1.54, 1.807) is 0 Å². The van der Waals surface area contributed by atoms with E-state index in [-0.39, 0.29) is 23.8 Å². The van der Waals surface area contributed by atoms with Crippen LogP contribution in [0.2, 0.25) is 0 Å². The first-order valence-electron chi connectivity index (χ1n) is 7.72. The van der Waals surface area contributed by atoms with Gasteiger partial charge in [-0.2, -0.15) is 0 Å². The van der Waals surface area contributed by atoms with Crippen LogP contribution in [0.4, 0.5) is 0 Å². The topological polar surface area (TPSA) is 57.6 Å². The number of hydrogen-bond acceptors (Lipinski definition) is 2. The number of benzene rings is 1. The number of rotatable bonds is 4. The van der Waals surface area contributed by atoms with Gasteiger partial charge in [0.2, 0.25) is 5.91 Å². The van der Waals surface area contributed by atoms with Gasteiger partial charge in [0.1, 0.15) is 0 Å². The lowest BCUT2D eigenvalue weighted by Gasteiger charge is -2.37. The van der Waals surface area contributed by atoms with Crippen LogP contribution in [0.15, 0.2) is 30.3 Å². The fourth-order valence-corrected chi connectivity index (χ4v) is 3.46. The summed E-state index contributed by atoms with van der Waals surface area (Å²) in [6.45, 7) is 0.700. The molecule has 0 radical (unpaired) electrons. The third-order valence-corrected chi connectivity index (χ3v) is 4.78. The molecule has 1 aromatic rings. The maximum Gasteiger partial charge on any atom is 0.305 e. The molecule has 1 aliphatic heterocycles. The number of carbonyl (C=O) groups is 2. The minimum Gasteiger partial charge on any atom is -0.481 e. The van der Waals surface area contributed by atoms with Gasteiger partial charge in [0.15, 0.2) is 0 Å². The largest absolute Gasteiger partial charge is 0.481 e. The van der Waals surface area contributed by atoms with E-state index in [1.807, 2.05) is 35.2 Å². The number of carboxylic acids is 1. The lowest BCUT2D eigenvalue weighted by Crippen LogP contribution is -2.49. The lowest BCUT2D eigenvalue weighted by atomic mass is 9.91. The van der Waals surface area contributed by atoms with E-state index in [0.29, 0.717) is 6.54 Å². The molecule has 0 bridgehead atoms. The smallest absolute Gasteiger partial charge is 0.305 e. The average Bonchev–Trinajstić information content (AvgIpc) is 3.29. The Morgan fingerprint density at radius 2 is 1.90 bits per heavy atom. The Bertz CT molecular complexity index is 536. The van der Waals surface area contributed by atoms with E-state index in [9.17, 15) is 9.59 Å². The molecule has 1 unspecified atom stereocenters. The van der Waals surface area contributed by atoms with Crippen molar-refractivity contribution in [2.75, 3.05) is 6.54 Å². The fraction of sp³-hybridized carbons (Fsp3) is 0.529. The molecule has 1 saturated carbocycles. The minimum atomic E-state index is -0.816. The molecular weight excluding hydrogens is 266 g/mol. The number of hydrogen-bond donors (Lipinski definition) is 1. The van der Waals surface area contributed by atoms with Gasteiger partial charge in [-0.15, -0.1) is 0 Å². The summed E-state index contributed by atoms with van der Waals surface area (Å²) in [4.78, 5) is 25.9. The molecule has 1 atom stereocenters. The molecule has 1 amide bonds. The summed E-state index contributed by atoms with van der Waals surface area (Å²) in [5.74, 6) is -0.677. The number of aliphatic carboxylic acids is 1. The zero-order valence-electron chi connectivity index (χ0n) is 12.1. The van der Waals surface area contributed by atoms with Crippen LogP contribution in [-0.2, 0) is 15.0 Å². The molecule has 1 heterocycles. The Morgan fingerprint density at radius 3 is 2.52 bits per heavy atom. The third-order valence-electron chi connectivity index (χ3n) is 4.78. The molecule has 112 valence electrons. The summed E-state index contributed by atoms with van der Waals surface area (Å²) >= 11 is 0. The van der Waals surface area contributed by atoms with Crippen molar-refractivity contribution in [3.63, 3.8) is 0 Å². The first-order chi connectivity index (χ1) is 10.1. The van der Waals surface area contributed by atoms with Crippen LogP contribution in [0.25, 0.3) is 0 Å². The molecular formula is C17H21NO3. The first kappa shape index (κ1) is 14.1. The van der Waals surface area contributed by atoms with Gasteiger partial charge in [0.25, 0.3) is 0 Å². The normalized spacial score (nSPS) is 23.6. The molecule has 1 saturated heterocycles. The predicted octanol–water partition coefficient (Wildman–Crippen LogP) is 2.57. The lowest BCUT2D eigenvalue weighted by molar-refractivity contribution is -0.143. The van der Waals surface area contributed by atoms with E-state index in [4.69, 9.17) is 5.11 Å². The van der Waals surface area contributed by atoms with Crippen LogP contribution < -0.4 is 0 Å². The second kappa shape index (κ2) is 5.51. The summed E-state index contributed by atoms with van der Waals surface area (Å²) in [5, 5.41) is 9.06. The molecule has 4 heteroatoms. The molecule has 1 aliphatic carbocycles. The Kier molecular flexibility index (Phi) is 3.70. The minimum absolute atomic E-state index is 0.0661. The Balaban J connectivity index is 1.81. The zero-order valence-corrected chi connectivity index (χ0v) is 12.1.